The van der Waals surface area contributed by atoms with E-state index in [1.165, 1.54) is 6.07 Å². The molecular formula is C27H17F3N2O3. The molecule has 0 amide bonds. The van der Waals surface area contributed by atoms with Gasteiger partial charge in [0.15, 0.2) is 11.6 Å². The van der Waals surface area contributed by atoms with Crippen LogP contribution in [-0.2, 0) is 6.18 Å². The van der Waals surface area contributed by atoms with Crippen molar-refractivity contribution in [3.63, 3.8) is 0 Å². The molecule has 0 aliphatic heterocycles. The number of aromatic carboxylic acids is 1. The van der Waals surface area contributed by atoms with Gasteiger partial charge in [-0.25, -0.2) is 14.8 Å². The zero-order valence-corrected chi connectivity index (χ0v) is 18.3. The summed E-state index contributed by atoms with van der Waals surface area (Å²) in [4.78, 5) is 19.7. The first kappa shape index (κ1) is 22.3. The summed E-state index contributed by atoms with van der Waals surface area (Å²) in [6.45, 7) is 1.69. The third kappa shape index (κ3) is 4.38. The van der Waals surface area contributed by atoms with Crippen molar-refractivity contribution in [1.82, 2.24) is 9.97 Å². The van der Waals surface area contributed by atoms with E-state index in [1.54, 1.807) is 73.7 Å². The third-order valence-electron chi connectivity index (χ3n) is 5.62. The van der Waals surface area contributed by atoms with Gasteiger partial charge in [0.1, 0.15) is 17.0 Å². The quantitative estimate of drug-likeness (QED) is 0.297. The Morgan fingerprint density at radius 2 is 1.60 bits per heavy atom. The van der Waals surface area contributed by atoms with Gasteiger partial charge in [-0.2, -0.15) is 13.2 Å². The zero-order valence-electron chi connectivity index (χ0n) is 18.3. The van der Waals surface area contributed by atoms with Crippen LogP contribution in [0.25, 0.3) is 44.9 Å². The molecule has 0 aliphatic rings. The number of halogens is 3. The van der Waals surface area contributed by atoms with Crippen LogP contribution in [0.5, 0.6) is 0 Å². The minimum atomic E-state index is -4.69. The Balaban J connectivity index is 1.64. The normalized spacial score (nSPS) is 11.7. The summed E-state index contributed by atoms with van der Waals surface area (Å²) in [6.07, 6.45) is -4.69. The van der Waals surface area contributed by atoms with Gasteiger partial charge >= 0.3 is 12.1 Å². The molecule has 35 heavy (non-hydrogen) atoms. The van der Waals surface area contributed by atoms with E-state index < -0.39 is 17.8 Å². The molecule has 3 aromatic carbocycles. The van der Waals surface area contributed by atoms with Gasteiger partial charge in [0.25, 0.3) is 0 Å². The highest BCUT2D eigenvalue weighted by Gasteiger charge is 2.34. The van der Waals surface area contributed by atoms with Crippen LogP contribution in [0.3, 0.4) is 0 Å². The first-order valence-corrected chi connectivity index (χ1v) is 10.6. The Hall–Kier alpha value is -4.46. The molecule has 5 nitrogen and oxygen atoms in total. The molecule has 0 aliphatic carbocycles. The Kier molecular flexibility index (Phi) is 5.36. The SMILES string of the molecule is Cc1ccc(-c2cccc(-c3nc(-c4cc5ccccc5o4)cc(C(F)(F)F)n3)c2)cc1C(=O)O. The van der Waals surface area contributed by atoms with Crippen molar-refractivity contribution in [3.8, 4) is 34.0 Å². The van der Waals surface area contributed by atoms with E-state index >= 15 is 0 Å². The second-order valence-electron chi connectivity index (χ2n) is 8.02. The number of alkyl halides is 3. The lowest BCUT2D eigenvalue weighted by Gasteiger charge is -2.11. The molecule has 0 saturated heterocycles. The molecule has 0 saturated carbocycles. The number of carbonyl (C=O) groups is 1. The third-order valence-corrected chi connectivity index (χ3v) is 5.62. The Morgan fingerprint density at radius 1 is 0.857 bits per heavy atom. The first-order valence-electron chi connectivity index (χ1n) is 10.6. The summed E-state index contributed by atoms with van der Waals surface area (Å²) in [5.41, 5.74) is 1.79. The number of benzene rings is 3. The number of nitrogens with zero attached hydrogens (tertiary/aromatic N) is 2. The fourth-order valence-electron chi connectivity index (χ4n) is 3.83. The molecular weight excluding hydrogens is 457 g/mol. The number of aryl methyl sites for hydroxylation is 1. The molecule has 2 aromatic heterocycles. The van der Waals surface area contributed by atoms with Crippen LogP contribution in [0.1, 0.15) is 21.6 Å². The highest BCUT2D eigenvalue weighted by molar-refractivity contribution is 5.91. The molecule has 0 spiro atoms. The second kappa shape index (κ2) is 8.39. The van der Waals surface area contributed by atoms with Gasteiger partial charge in [0.2, 0.25) is 0 Å². The van der Waals surface area contributed by atoms with E-state index in [4.69, 9.17) is 4.42 Å². The topological polar surface area (TPSA) is 76.2 Å². The molecule has 0 unspecified atom stereocenters. The van der Waals surface area contributed by atoms with Crippen molar-refractivity contribution in [2.45, 2.75) is 13.1 Å². The average Bonchev–Trinajstić information content (AvgIpc) is 3.28. The summed E-state index contributed by atoms with van der Waals surface area (Å²) in [7, 11) is 0. The van der Waals surface area contributed by atoms with Crippen LogP contribution in [0.15, 0.2) is 83.3 Å². The number of carboxylic acid groups (broad SMARTS) is 1. The predicted octanol–water partition coefficient (Wildman–Crippen LogP) is 7.25. The van der Waals surface area contributed by atoms with Crippen LogP contribution < -0.4 is 0 Å². The van der Waals surface area contributed by atoms with E-state index in [2.05, 4.69) is 9.97 Å². The van der Waals surface area contributed by atoms with Gasteiger partial charge < -0.3 is 9.52 Å². The van der Waals surface area contributed by atoms with Crippen LogP contribution in [0, 0.1) is 6.92 Å². The lowest BCUT2D eigenvalue weighted by atomic mass is 9.98. The monoisotopic (exact) mass is 474 g/mol. The van der Waals surface area contributed by atoms with Gasteiger partial charge in [-0.1, -0.05) is 48.5 Å². The van der Waals surface area contributed by atoms with E-state index in [1.807, 2.05) is 0 Å². The molecule has 0 bridgehead atoms. The first-order chi connectivity index (χ1) is 16.7. The molecule has 8 heteroatoms. The number of para-hydroxylation sites is 1. The van der Waals surface area contributed by atoms with Gasteiger partial charge in [-0.3, -0.25) is 0 Å². The second-order valence-corrected chi connectivity index (χ2v) is 8.02. The molecule has 5 rings (SSSR count). The van der Waals surface area contributed by atoms with Crippen molar-refractivity contribution in [3.05, 3.63) is 95.7 Å². The number of hydrogen-bond acceptors (Lipinski definition) is 4. The van der Waals surface area contributed by atoms with Crippen LogP contribution in [0.4, 0.5) is 13.2 Å². The highest BCUT2D eigenvalue weighted by atomic mass is 19.4. The van der Waals surface area contributed by atoms with E-state index in [0.717, 1.165) is 11.5 Å². The van der Waals surface area contributed by atoms with Crippen molar-refractivity contribution in [2.24, 2.45) is 0 Å². The van der Waals surface area contributed by atoms with E-state index in [-0.39, 0.29) is 22.8 Å². The van der Waals surface area contributed by atoms with Gasteiger partial charge in [-0.05, 0) is 53.9 Å². The van der Waals surface area contributed by atoms with E-state index in [0.29, 0.717) is 27.8 Å². The summed E-state index contributed by atoms with van der Waals surface area (Å²) in [5.74, 6) is -0.985. The number of furan rings is 1. The van der Waals surface area contributed by atoms with Gasteiger partial charge in [0.05, 0.1) is 5.56 Å². The molecule has 0 fully saturated rings. The number of fused-ring (bicyclic) bond motifs is 1. The number of aromatic nitrogens is 2. The summed E-state index contributed by atoms with van der Waals surface area (Å²) < 4.78 is 46.9. The lowest BCUT2D eigenvalue weighted by Crippen LogP contribution is -2.10. The number of rotatable bonds is 4. The molecule has 2 heterocycles. The maximum atomic E-state index is 13.7. The molecule has 174 valence electrons. The van der Waals surface area contributed by atoms with Crippen LogP contribution in [0.2, 0.25) is 0 Å². The highest BCUT2D eigenvalue weighted by Crippen LogP contribution is 2.35. The zero-order chi connectivity index (χ0) is 24.7. The van der Waals surface area contributed by atoms with Crippen LogP contribution >= 0.6 is 0 Å². The van der Waals surface area contributed by atoms with Crippen molar-refractivity contribution < 1.29 is 27.5 Å². The van der Waals surface area contributed by atoms with Crippen molar-refractivity contribution in [2.75, 3.05) is 0 Å². The summed E-state index contributed by atoms with van der Waals surface area (Å²) >= 11 is 0. The molecule has 1 N–H and O–H groups in total. The molecule has 0 radical (unpaired) electrons. The van der Waals surface area contributed by atoms with Crippen molar-refractivity contribution in [1.29, 1.82) is 0 Å². The minimum absolute atomic E-state index is 0.00688. The lowest BCUT2D eigenvalue weighted by molar-refractivity contribution is -0.141. The van der Waals surface area contributed by atoms with Crippen molar-refractivity contribution >= 4 is 16.9 Å². The Bertz CT molecular complexity index is 1560. The number of hydrogen-bond donors (Lipinski definition) is 1. The maximum absolute atomic E-state index is 13.7. The van der Waals surface area contributed by atoms with E-state index in [9.17, 15) is 23.1 Å². The summed E-state index contributed by atoms with van der Waals surface area (Å²) in [6, 6.07) is 21.2. The Labute approximate surface area is 197 Å². The average molecular weight is 474 g/mol. The smallest absolute Gasteiger partial charge is 0.433 e. The maximum Gasteiger partial charge on any atom is 0.433 e. The van der Waals surface area contributed by atoms with Gasteiger partial charge in [-0.15, -0.1) is 0 Å². The molecule has 0 atom stereocenters. The van der Waals surface area contributed by atoms with Gasteiger partial charge in [0, 0.05) is 10.9 Å². The fourth-order valence-corrected chi connectivity index (χ4v) is 3.83. The Morgan fingerprint density at radius 3 is 2.34 bits per heavy atom. The predicted molar refractivity (Wildman–Crippen MR) is 125 cm³/mol. The summed E-state index contributed by atoms with van der Waals surface area (Å²) in [5, 5.41) is 10.2. The largest absolute Gasteiger partial charge is 0.478 e. The fraction of sp³-hybridized carbons (Fsp3) is 0.0741. The van der Waals surface area contributed by atoms with Crippen LogP contribution in [-0.4, -0.2) is 21.0 Å². The number of carboxylic acids is 1. The molecule has 5 aromatic rings. The standard InChI is InChI=1S/C27H17F3N2O3/c1-15-9-10-17(12-20(15)26(33)34)16-6-4-7-19(11-16)25-31-21(14-24(32-25)27(28,29)30)23-13-18-5-2-3-8-22(18)35-23/h2-14H,1H3,(H,33,34). The minimum Gasteiger partial charge on any atom is -0.478 e.